The van der Waals surface area contributed by atoms with Crippen LogP contribution >= 0.6 is 0 Å². The highest BCUT2D eigenvalue weighted by atomic mass is 32.2. The molecule has 0 spiro atoms. The van der Waals surface area contributed by atoms with Crippen LogP contribution in [0.4, 0.5) is 10.1 Å². The summed E-state index contributed by atoms with van der Waals surface area (Å²) in [4.78, 5) is 3.83. The van der Waals surface area contributed by atoms with Crippen LogP contribution in [0, 0.1) is 26.6 Å². The van der Waals surface area contributed by atoms with E-state index in [1.54, 1.807) is 26.0 Å². The highest BCUT2D eigenvalue weighted by Crippen LogP contribution is 2.24. The van der Waals surface area contributed by atoms with Gasteiger partial charge in [-0.2, -0.15) is 0 Å². The van der Waals surface area contributed by atoms with Crippen molar-refractivity contribution in [3.8, 4) is 0 Å². The normalized spacial score (nSPS) is 11.4. The topological polar surface area (TPSA) is 59.1 Å². The first-order valence-electron chi connectivity index (χ1n) is 6.01. The Labute approximate surface area is 117 Å². The van der Waals surface area contributed by atoms with Gasteiger partial charge in [0.1, 0.15) is 5.82 Å². The number of halogens is 1. The molecule has 1 heterocycles. The second-order valence-corrected chi connectivity index (χ2v) is 6.34. The van der Waals surface area contributed by atoms with Gasteiger partial charge in [-0.1, -0.05) is 17.7 Å². The van der Waals surface area contributed by atoms with Crippen LogP contribution in [0.1, 0.15) is 16.7 Å². The van der Waals surface area contributed by atoms with Gasteiger partial charge in [-0.3, -0.25) is 9.71 Å². The summed E-state index contributed by atoms with van der Waals surface area (Å²) in [5.74, 6) is -0.595. The molecule has 0 atom stereocenters. The summed E-state index contributed by atoms with van der Waals surface area (Å²) in [6, 6.07) is 4.68. The maximum Gasteiger partial charge on any atom is 0.262 e. The number of sulfonamides is 1. The predicted molar refractivity (Wildman–Crippen MR) is 75.7 cm³/mol. The fourth-order valence-corrected chi connectivity index (χ4v) is 3.75. The van der Waals surface area contributed by atoms with Crippen LogP contribution in [0.15, 0.2) is 35.5 Å². The zero-order valence-electron chi connectivity index (χ0n) is 11.4. The highest BCUT2D eigenvalue weighted by Gasteiger charge is 2.20. The highest BCUT2D eigenvalue weighted by molar-refractivity contribution is 7.92. The van der Waals surface area contributed by atoms with Gasteiger partial charge in [-0.25, -0.2) is 12.8 Å². The Balaban J connectivity index is 2.46. The third kappa shape index (κ3) is 2.96. The summed E-state index contributed by atoms with van der Waals surface area (Å²) in [5.41, 5.74) is 2.40. The van der Waals surface area contributed by atoms with Gasteiger partial charge in [0.2, 0.25) is 0 Å². The first-order valence-corrected chi connectivity index (χ1v) is 7.49. The van der Waals surface area contributed by atoms with Crippen LogP contribution in [0.3, 0.4) is 0 Å². The van der Waals surface area contributed by atoms with E-state index in [4.69, 9.17) is 0 Å². The molecular weight excluding hydrogens is 279 g/mol. The number of aryl methyl sites for hydroxylation is 3. The summed E-state index contributed by atoms with van der Waals surface area (Å²) in [6.07, 6.45) is 2.28. The molecule has 2 aromatic rings. The van der Waals surface area contributed by atoms with Gasteiger partial charge < -0.3 is 0 Å². The summed E-state index contributed by atoms with van der Waals surface area (Å²) < 4.78 is 40.2. The SMILES string of the molecule is Cc1cc(C)c(S(=O)(=O)Nc2cncc(F)c2)c(C)c1. The molecular formula is C14H15FN2O2S. The third-order valence-corrected chi connectivity index (χ3v) is 4.52. The number of nitrogens with zero attached hydrogens (tertiary/aromatic N) is 1. The quantitative estimate of drug-likeness (QED) is 0.946. The van der Waals surface area contributed by atoms with Gasteiger partial charge >= 0.3 is 0 Å². The Hall–Kier alpha value is -1.95. The van der Waals surface area contributed by atoms with Crippen LogP contribution in [0.2, 0.25) is 0 Å². The summed E-state index contributed by atoms with van der Waals surface area (Å²) in [6.45, 7) is 5.37. The Morgan fingerprint density at radius 3 is 2.20 bits per heavy atom. The van der Waals surface area contributed by atoms with E-state index >= 15 is 0 Å². The molecule has 0 bridgehead atoms. The van der Waals surface area contributed by atoms with E-state index in [0.29, 0.717) is 11.1 Å². The van der Waals surface area contributed by atoms with Crippen molar-refractivity contribution in [1.29, 1.82) is 0 Å². The summed E-state index contributed by atoms with van der Waals surface area (Å²) >= 11 is 0. The van der Waals surface area contributed by atoms with E-state index < -0.39 is 15.8 Å². The van der Waals surface area contributed by atoms with Gasteiger partial charge in [0, 0.05) is 6.07 Å². The Morgan fingerprint density at radius 2 is 1.65 bits per heavy atom. The molecule has 106 valence electrons. The number of nitrogens with one attached hydrogen (secondary N) is 1. The molecule has 20 heavy (non-hydrogen) atoms. The largest absolute Gasteiger partial charge is 0.278 e. The molecule has 0 unspecified atom stereocenters. The van der Waals surface area contributed by atoms with Gasteiger partial charge in [0.15, 0.2) is 0 Å². The van der Waals surface area contributed by atoms with Crippen molar-refractivity contribution in [2.24, 2.45) is 0 Å². The molecule has 1 aromatic heterocycles. The van der Waals surface area contributed by atoms with E-state index in [2.05, 4.69) is 9.71 Å². The van der Waals surface area contributed by atoms with Crippen molar-refractivity contribution in [1.82, 2.24) is 4.98 Å². The lowest BCUT2D eigenvalue weighted by Gasteiger charge is -2.13. The second kappa shape index (κ2) is 5.20. The Bertz CT molecular complexity index is 735. The number of pyridine rings is 1. The maximum atomic E-state index is 13.1. The lowest BCUT2D eigenvalue weighted by molar-refractivity contribution is 0.599. The van der Waals surface area contributed by atoms with Crippen LogP contribution in [0.5, 0.6) is 0 Å². The van der Waals surface area contributed by atoms with Crippen molar-refractivity contribution in [2.45, 2.75) is 25.7 Å². The first-order chi connectivity index (χ1) is 9.29. The molecule has 0 aliphatic rings. The van der Waals surface area contributed by atoms with Crippen LogP contribution in [-0.2, 0) is 10.0 Å². The van der Waals surface area contributed by atoms with E-state index in [1.807, 2.05) is 6.92 Å². The van der Waals surface area contributed by atoms with Crippen molar-refractivity contribution < 1.29 is 12.8 Å². The van der Waals surface area contributed by atoms with Crippen molar-refractivity contribution in [3.63, 3.8) is 0 Å². The molecule has 4 nitrogen and oxygen atoms in total. The molecule has 0 radical (unpaired) electrons. The predicted octanol–water partition coefficient (Wildman–Crippen LogP) is 2.95. The van der Waals surface area contributed by atoms with Gasteiger partial charge in [-0.15, -0.1) is 0 Å². The molecule has 1 N–H and O–H groups in total. The zero-order chi connectivity index (χ0) is 14.9. The Kier molecular flexibility index (Phi) is 3.76. The molecule has 2 rings (SSSR count). The lowest BCUT2D eigenvalue weighted by atomic mass is 10.1. The van der Waals surface area contributed by atoms with E-state index in [-0.39, 0.29) is 10.6 Å². The van der Waals surface area contributed by atoms with Crippen molar-refractivity contribution in [3.05, 3.63) is 53.1 Å². The molecule has 1 aromatic carbocycles. The average molecular weight is 294 g/mol. The minimum absolute atomic E-state index is 0.101. The minimum Gasteiger partial charge on any atom is -0.278 e. The smallest absolute Gasteiger partial charge is 0.262 e. The van der Waals surface area contributed by atoms with Crippen LogP contribution in [-0.4, -0.2) is 13.4 Å². The number of hydrogen-bond donors (Lipinski definition) is 1. The number of rotatable bonds is 3. The summed E-state index contributed by atoms with van der Waals surface area (Å²) in [7, 11) is -3.76. The van der Waals surface area contributed by atoms with Gasteiger partial charge in [-0.05, 0) is 31.9 Å². The minimum atomic E-state index is -3.76. The lowest BCUT2D eigenvalue weighted by Crippen LogP contribution is -2.16. The molecule has 0 amide bonds. The van der Waals surface area contributed by atoms with Crippen molar-refractivity contribution >= 4 is 15.7 Å². The number of aromatic nitrogens is 1. The van der Waals surface area contributed by atoms with E-state index in [1.165, 1.54) is 6.20 Å². The molecule has 0 saturated carbocycles. The standard InChI is InChI=1S/C14H15FN2O2S/c1-9-4-10(2)14(11(3)5-9)20(18,19)17-13-6-12(15)7-16-8-13/h4-8,17H,1-3H3. The molecule has 0 saturated heterocycles. The zero-order valence-corrected chi connectivity index (χ0v) is 12.3. The molecule has 0 aliphatic heterocycles. The molecule has 0 aliphatic carbocycles. The maximum absolute atomic E-state index is 13.1. The van der Waals surface area contributed by atoms with E-state index in [0.717, 1.165) is 17.8 Å². The van der Waals surface area contributed by atoms with Crippen LogP contribution < -0.4 is 4.72 Å². The fourth-order valence-electron chi connectivity index (χ4n) is 2.26. The monoisotopic (exact) mass is 294 g/mol. The number of benzene rings is 1. The third-order valence-electron chi connectivity index (χ3n) is 2.83. The number of anilines is 1. The fraction of sp³-hybridized carbons (Fsp3) is 0.214. The average Bonchev–Trinajstić information content (AvgIpc) is 2.25. The second-order valence-electron chi connectivity index (χ2n) is 4.73. The van der Waals surface area contributed by atoms with E-state index in [9.17, 15) is 12.8 Å². The Morgan fingerprint density at radius 1 is 1.05 bits per heavy atom. The van der Waals surface area contributed by atoms with Crippen LogP contribution in [0.25, 0.3) is 0 Å². The molecule has 6 heteroatoms. The molecule has 0 fully saturated rings. The van der Waals surface area contributed by atoms with Gasteiger partial charge in [0.05, 0.1) is 23.0 Å². The van der Waals surface area contributed by atoms with Gasteiger partial charge in [0.25, 0.3) is 10.0 Å². The van der Waals surface area contributed by atoms with Crippen molar-refractivity contribution in [2.75, 3.05) is 4.72 Å². The first kappa shape index (κ1) is 14.5. The summed E-state index contributed by atoms with van der Waals surface area (Å²) in [5, 5.41) is 0. The number of hydrogen-bond acceptors (Lipinski definition) is 3.